The van der Waals surface area contributed by atoms with Crippen LogP contribution in [0.15, 0.2) is 6.33 Å². The number of aromatic nitrogens is 2. The van der Waals surface area contributed by atoms with Gasteiger partial charge in [-0.05, 0) is 24.7 Å². The summed E-state index contributed by atoms with van der Waals surface area (Å²) in [4.78, 5) is 11.0. The molecule has 0 radical (unpaired) electrons. The maximum Gasteiger partial charge on any atom is 0.138 e. The Hall–Kier alpha value is -0.830. The Bertz CT molecular complexity index is 433. The Labute approximate surface area is 121 Å². The van der Waals surface area contributed by atoms with Crippen molar-refractivity contribution in [3.8, 4) is 0 Å². The van der Waals surface area contributed by atoms with E-state index < -0.39 is 0 Å². The lowest BCUT2D eigenvalue weighted by atomic mass is 9.85. The average molecular weight is 282 g/mol. The van der Waals surface area contributed by atoms with Gasteiger partial charge in [-0.3, -0.25) is 0 Å². The summed E-state index contributed by atoms with van der Waals surface area (Å²) in [7, 11) is 2.15. The van der Waals surface area contributed by atoms with Gasteiger partial charge < -0.3 is 4.90 Å². The number of anilines is 1. The summed E-state index contributed by atoms with van der Waals surface area (Å²) >= 11 is 6.27. The Kier molecular flexibility index (Phi) is 4.67. The highest BCUT2D eigenvalue weighted by molar-refractivity contribution is 6.30. The van der Waals surface area contributed by atoms with Crippen LogP contribution in [0.1, 0.15) is 57.9 Å². The monoisotopic (exact) mass is 281 g/mol. The van der Waals surface area contributed by atoms with Gasteiger partial charge in [0, 0.05) is 18.7 Å². The van der Waals surface area contributed by atoms with Crippen molar-refractivity contribution in [1.82, 2.24) is 9.97 Å². The van der Waals surface area contributed by atoms with E-state index >= 15 is 0 Å². The van der Waals surface area contributed by atoms with E-state index in [1.807, 2.05) is 0 Å². The van der Waals surface area contributed by atoms with Crippen molar-refractivity contribution < 1.29 is 0 Å². The zero-order valence-corrected chi connectivity index (χ0v) is 13.1. The summed E-state index contributed by atoms with van der Waals surface area (Å²) in [6.45, 7) is 6.64. The molecule has 0 spiro atoms. The molecule has 1 aromatic heterocycles. The van der Waals surface area contributed by atoms with Crippen LogP contribution >= 0.6 is 11.6 Å². The number of rotatable bonds is 3. The van der Waals surface area contributed by atoms with Crippen LogP contribution < -0.4 is 4.90 Å². The molecule has 0 saturated heterocycles. The van der Waals surface area contributed by atoms with E-state index in [0.29, 0.717) is 23.0 Å². The molecule has 3 nitrogen and oxygen atoms in total. The van der Waals surface area contributed by atoms with Crippen molar-refractivity contribution in [1.29, 1.82) is 0 Å². The molecule has 2 rings (SSSR count). The van der Waals surface area contributed by atoms with Crippen molar-refractivity contribution >= 4 is 17.4 Å². The fourth-order valence-corrected chi connectivity index (χ4v) is 3.52. The fraction of sp³-hybridized carbons (Fsp3) is 0.733. The lowest BCUT2D eigenvalue weighted by Gasteiger charge is -2.38. The van der Waals surface area contributed by atoms with Gasteiger partial charge in [-0.2, -0.15) is 0 Å². The quantitative estimate of drug-likeness (QED) is 0.775. The molecule has 2 atom stereocenters. The molecule has 1 saturated carbocycles. The van der Waals surface area contributed by atoms with Crippen LogP contribution in [0.5, 0.6) is 0 Å². The number of halogens is 1. The first-order chi connectivity index (χ1) is 9.02. The molecule has 0 amide bonds. The molecule has 1 aromatic rings. The summed E-state index contributed by atoms with van der Waals surface area (Å²) in [5, 5.41) is 0.593. The molecule has 106 valence electrons. The SMILES string of the molecule is CC(C)c1c(Cl)ncnc1N(C)C1CCCCC1C. The van der Waals surface area contributed by atoms with E-state index in [4.69, 9.17) is 11.6 Å². The molecular formula is C15H24ClN3. The molecule has 4 heteroatoms. The molecule has 19 heavy (non-hydrogen) atoms. The molecule has 0 aromatic carbocycles. The van der Waals surface area contributed by atoms with Crippen LogP contribution in [0.25, 0.3) is 0 Å². The minimum atomic E-state index is 0.338. The second-order valence-corrected chi connectivity index (χ2v) is 6.35. The van der Waals surface area contributed by atoms with Gasteiger partial charge in [-0.1, -0.05) is 45.2 Å². The first-order valence-electron chi connectivity index (χ1n) is 7.25. The number of hydrogen-bond acceptors (Lipinski definition) is 3. The zero-order valence-electron chi connectivity index (χ0n) is 12.4. The van der Waals surface area contributed by atoms with Crippen LogP contribution in [-0.2, 0) is 0 Å². The normalized spacial score (nSPS) is 23.7. The highest BCUT2D eigenvalue weighted by Gasteiger charge is 2.28. The molecule has 0 bridgehead atoms. The van der Waals surface area contributed by atoms with E-state index in [1.165, 1.54) is 25.7 Å². The van der Waals surface area contributed by atoms with Gasteiger partial charge in [0.15, 0.2) is 0 Å². The first-order valence-corrected chi connectivity index (χ1v) is 7.63. The van der Waals surface area contributed by atoms with Crippen molar-refractivity contribution in [2.24, 2.45) is 5.92 Å². The minimum Gasteiger partial charge on any atom is -0.356 e. The fourth-order valence-electron chi connectivity index (χ4n) is 3.17. The van der Waals surface area contributed by atoms with Crippen molar-refractivity contribution in [2.75, 3.05) is 11.9 Å². The standard InChI is InChI=1S/C15H24ClN3/c1-10(2)13-14(16)17-9-18-15(13)19(4)12-8-6-5-7-11(12)3/h9-12H,5-8H2,1-4H3. The summed E-state index contributed by atoms with van der Waals surface area (Å²) in [6, 6.07) is 0.567. The Morgan fingerprint density at radius 3 is 2.58 bits per heavy atom. The van der Waals surface area contributed by atoms with Crippen molar-refractivity contribution in [2.45, 2.75) is 58.4 Å². The maximum atomic E-state index is 6.27. The summed E-state index contributed by atoms with van der Waals surface area (Å²) in [5.74, 6) is 2.06. The Morgan fingerprint density at radius 2 is 1.95 bits per heavy atom. The van der Waals surface area contributed by atoms with Gasteiger partial charge in [0.25, 0.3) is 0 Å². The third-order valence-electron chi connectivity index (χ3n) is 4.29. The third kappa shape index (κ3) is 3.02. The largest absolute Gasteiger partial charge is 0.356 e. The molecule has 0 N–H and O–H groups in total. The first kappa shape index (κ1) is 14.6. The highest BCUT2D eigenvalue weighted by Crippen LogP contribution is 2.35. The number of nitrogens with zero attached hydrogens (tertiary/aromatic N) is 3. The molecule has 1 aliphatic rings. The van der Waals surface area contributed by atoms with E-state index in [1.54, 1.807) is 6.33 Å². The van der Waals surface area contributed by atoms with Crippen LogP contribution in [0.2, 0.25) is 5.15 Å². The van der Waals surface area contributed by atoms with Gasteiger partial charge in [0.05, 0.1) is 0 Å². The van der Waals surface area contributed by atoms with E-state index in [2.05, 4.69) is 42.7 Å². The predicted octanol–water partition coefficient (Wildman–Crippen LogP) is 4.27. The molecule has 0 aliphatic heterocycles. The lowest BCUT2D eigenvalue weighted by molar-refractivity contribution is 0.320. The molecular weight excluding hydrogens is 258 g/mol. The summed E-state index contributed by atoms with van der Waals surface area (Å²) in [6.07, 6.45) is 6.80. The molecule has 1 fully saturated rings. The maximum absolute atomic E-state index is 6.27. The summed E-state index contributed by atoms with van der Waals surface area (Å²) < 4.78 is 0. The lowest BCUT2D eigenvalue weighted by Crippen LogP contribution is -2.40. The highest BCUT2D eigenvalue weighted by atomic mass is 35.5. The van der Waals surface area contributed by atoms with E-state index in [0.717, 1.165) is 11.4 Å². The van der Waals surface area contributed by atoms with Crippen LogP contribution in [-0.4, -0.2) is 23.1 Å². The minimum absolute atomic E-state index is 0.338. The van der Waals surface area contributed by atoms with Gasteiger partial charge in [-0.15, -0.1) is 0 Å². The Morgan fingerprint density at radius 1 is 1.26 bits per heavy atom. The van der Waals surface area contributed by atoms with Crippen molar-refractivity contribution in [3.05, 3.63) is 17.0 Å². The Balaban J connectivity index is 2.32. The number of hydrogen-bond donors (Lipinski definition) is 0. The average Bonchev–Trinajstić information content (AvgIpc) is 2.37. The second-order valence-electron chi connectivity index (χ2n) is 6.00. The van der Waals surface area contributed by atoms with Crippen LogP contribution in [0, 0.1) is 5.92 Å². The van der Waals surface area contributed by atoms with Gasteiger partial charge in [0.2, 0.25) is 0 Å². The van der Waals surface area contributed by atoms with Gasteiger partial charge in [-0.25, -0.2) is 9.97 Å². The van der Waals surface area contributed by atoms with E-state index in [9.17, 15) is 0 Å². The van der Waals surface area contributed by atoms with Crippen LogP contribution in [0.3, 0.4) is 0 Å². The smallest absolute Gasteiger partial charge is 0.138 e. The third-order valence-corrected chi connectivity index (χ3v) is 4.59. The predicted molar refractivity (Wildman–Crippen MR) is 81.0 cm³/mol. The van der Waals surface area contributed by atoms with Gasteiger partial charge in [0.1, 0.15) is 17.3 Å². The summed E-state index contributed by atoms with van der Waals surface area (Å²) in [5.41, 5.74) is 1.07. The van der Waals surface area contributed by atoms with Gasteiger partial charge >= 0.3 is 0 Å². The van der Waals surface area contributed by atoms with E-state index in [-0.39, 0.29) is 0 Å². The topological polar surface area (TPSA) is 29.0 Å². The van der Waals surface area contributed by atoms with Crippen LogP contribution in [0.4, 0.5) is 5.82 Å². The second kappa shape index (κ2) is 6.08. The molecule has 1 heterocycles. The molecule has 1 aliphatic carbocycles. The zero-order chi connectivity index (χ0) is 14.0. The molecule has 2 unspecified atom stereocenters. The van der Waals surface area contributed by atoms with Crippen molar-refractivity contribution in [3.63, 3.8) is 0 Å².